The molecule has 0 unspecified atom stereocenters. The van der Waals surface area contributed by atoms with E-state index in [2.05, 4.69) is 81.1 Å². The summed E-state index contributed by atoms with van der Waals surface area (Å²) >= 11 is 5.84. The van der Waals surface area contributed by atoms with E-state index >= 15 is 0 Å². The van der Waals surface area contributed by atoms with E-state index in [1.165, 1.54) is 17.1 Å². The van der Waals surface area contributed by atoms with Crippen LogP contribution < -0.4 is 15.1 Å². The molecule has 0 radical (unpaired) electrons. The minimum Gasteiger partial charge on any atom is -0.378 e. The molecule has 2 aromatic heterocycles. The number of aromatic nitrogens is 2. The van der Waals surface area contributed by atoms with Gasteiger partial charge in [-0.05, 0) is 67.7 Å². The molecular weight excluding hydrogens is 406 g/mol. The highest BCUT2D eigenvalue weighted by Gasteiger charge is 2.42. The number of hydrogen-bond acceptors (Lipinski definition) is 4. The first kappa shape index (κ1) is 20.0. The lowest BCUT2D eigenvalue weighted by Gasteiger charge is -2.31. The minimum atomic E-state index is -0.0272. The molecule has 160 valence electrons. The number of aryl methyl sites for hydroxylation is 1. The molecule has 31 heavy (non-hydrogen) atoms. The average Bonchev–Trinajstić information content (AvgIpc) is 3.33. The smallest absolute Gasteiger partial charge is 0.174 e. The maximum atomic E-state index is 5.84. The van der Waals surface area contributed by atoms with E-state index in [-0.39, 0.29) is 12.1 Å². The Morgan fingerprint density at radius 2 is 1.74 bits per heavy atom. The van der Waals surface area contributed by atoms with Crippen LogP contribution >= 0.6 is 12.2 Å². The van der Waals surface area contributed by atoms with Crippen molar-refractivity contribution in [3.05, 3.63) is 77.9 Å². The van der Waals surface area contributed by atoms with Gasteiger partial charge in [-0.2, -0.15) is 0 Å². The first-order valence-corrected chi connectivity index (χ1v) is 11.1. The molecule has 2 aliphatic rings. The third kappa shape index (κ3) is 3.68. The lowest BCUT2D eigenvalue weighted by Crippen LogP contribution is -2.36. The minimum absolute atomic E-state index is 0.00957. The Hall–Kier alpha value is -2.90. The van der Waals surface area contributed by atoms with Crippen molar-refractivity contribution < 1.29 is 4.74 Å². The summed E-state index contributed by atoms with van der Waals surface area (Å²) in [7, 11) is 2.11. The van der Waals surface area contributed by atoms with Gasteiger partial charge in [-0.3, -0.25) is 4.98 Å². The first-order chi connectivity index (χ1) is 15.1. The molecule has 2 atom stereocenters. The third-order valence-corrected chi connectivity index (χ3v) is 6.63. The van der Waals surface area contributed by atoms with Gasteiger partial charge < -0.3 is 24.4 Å². The van der Waals surface area contributed by atoms with Crippen molar-refractivity contribution in [2.75, 3.05) is 36.1 Å². The van der Waals surface area contributed by atoms with Crippen LogP contribution in [0, 0.1) is 6.92 Å². The summed E-state index contributed by atoms with van der Waals surface area (Å²) in [5.74, 6) is 0. The summed E-state index contributed by atoms with van der Waals surface area (Å²) < 4.78 is 7.73. The fourth-order valence-electron chi connectivity index (χ4n) is 4.51. The molecule has 0 saturated carbocycles. The number of nitrogens with zero attached hydrogens (tertiary/aromatic N) is 4. The Morgan fingerprint density at radius 1 is 1.00 bits per heavy atom. The van der Waals surface area contributed by atoms with Crippen LogP contribution in [0.1, 0.15) is 29.2 Å². The second kappa shape index (κ2) is 8.32. The van der Waals surface area contributed by atoms with Gasteiger partial charge in [0.15, 0.2) is 5.11 Å². The number of anilines is 2. The number of morpholine rings is 1. The van der Waals surface area contributed by atoms with Gasteiger partial charge in [0.1, 0.15) is 6.04 Å². The summed E-state index contributed by atoms with van der Waals surface area (Å²) in [4.78, 5) is 9.23. The van der Waals surface area contributed by atoms with Gasteiger partial charge in [0.2, 0.25) is 0 Å². The molecule has 4 heterocycles. The molecule has 0 spiro atoms. The molecule has 2 saturated heterocycles. The molecule has 5 rings (SSSR count). The zero-order chi connectivity index (χ0) is 21.4. The largest absolute Gasteiger partial charge is 0.378 e. The number of benzene rings is 1. The molecule has 0 aliphatic carbocycles. The predicted octanol–water partition coefficient (Wildman–Crippen LogP) is 3.74. The molecule has 2 aliphatic heterocycles. The molecule has 0 bridgehead atoms. The molecule has 7 heteroatoms. The Balaban J connectivity index is 1.52. The van der Waals surface area contributed by atoms with Gasteiger partial charge in [-0.15, -0.1) is 0 Å². The fourth-order valence-corrected chi connectivity index (χ4v) is 4.86. The second-order valence-electron chi connectivity index (χ2n) is 8.07. The van der Waals surface area contributed by atoms with E-state index in [1.807, 2.05) is 18.3 Å². The van der Waals surface area contributed by atoms with Crippen LogP contribution in [-0.4, -0.2) is 41.0 Å². The molecular formula is C24H27N5OS. The van der Waals surface area contributed by atoms with Gasteiger partial charge in [-0.1, -0.05) is 6.07 Å². The first-order valence-electron chi connectivity index (χ1n) is 10.7. The summed E-state index contributed by atoms with van der Waals surface area (Å²) in [6.07, 6.45) is 1.84. The van der Waals surface area contributed by atoms with Crippen LogP contribution in [0.5, 0.6) is 0 Å². The number of ether oxygens (including phenoxy) is 1. The summed E-state index contributed by atoms with van der Waals surface area (Å²) in [5, 5.41) is 4.26. The predicted molar refractivity (Wildman–Crippen MR) is 128 cm³/mol. The van der Waals surface area contributed by atoms with Gasteiger partial charge in [0, 0.05) is 49.1 Å². The van der Waals surface area contributed by atoms with Crippen LogP contribution in [0.3, 0.4) is 0 Å². The van der Waals surface area contributed by atoms with E-state index in [0.717, 1.165) is 42.8 Å². The SMILES string of the molecule is Cc1ccc([C@H]2[C@H](c3ccccn3)NC(=S)N2c2ccc(N3CCOCC3)cc2)n1C. The van der Waals surface area contributed by atoms with Crippen LogP contribution in [0.25, 0.3) is 0 Å². The average molecular weight is 434 g/mol. The number of thiocarbonyl (C=S) groups is 1. The lowest BCUT2D eigenvalue weighted by molar-refractivity contribution is 0.122. The molecule has 6 nitrogen and oxygen atoms in total. The Morgan fingerprint density at radius 3 is 2.39 bits per heavy atom. The highest BCUT2D eigenvalue weighted by Crippen LogP contribution is 2.42. The standard InChI is InChI=1S/C24H27N5OS/c1-17-6-11-21(27(17)2)23-22(20-5-3-4-12-25-20)26-24(31)29(23)19-9-7-18(8-10-19)28-13-15-30-16-14-28/h3-12,22-23H,13-16H2,1-2H3,(H,26,31)/t22-,23-/m0/s1. The Kier molecular flexibility index (Phi) is 5.38. The molecule has 2 fully saturated rings. The molecule has 3 aromatic rings. The van der Waals surface area contributed by atoms with E-state index in [4.69, 9.17) is 17.0 Å². The summed E-state index contributed by atoms with van der Waals surface area (Å²) in [6, 6.07) is 19.1. The van der Waals surface area contributed by atoms with E-state index in [1.54, 1.807) is 0 Å². The van der Waals surface area contributed by atoms with Crippen LogP contribution in [-0.2, 0) is 11.8 Å². The third-order valence-electron chi connectivity index (χ3n) is 6.32. The van der Waals surface area contributed by atoms with Crippen LogP contribution in [0.2, 0.25) is 0 Å². The second-order valence-corrected chi connectivity index (χ2v) is 8.46. The quantitative estimate of drug-likeness (QED) is 0.633. The monoisotopic (exact) mass is 433 g/mol. The summed E-state index contributed by atoms with van der Waals surface area (Å²) in [6.45, 7) is 5.54. The van der Waals surface area contributed by atoms with E-state index in [0.29, 0.717) is 0 Å². The highest BCUT2D eigenvalue weighted by molar-refractivity contribution is 7.80. The van der Waals surface area contributed by atoms with Crippen molar-refractivity contribution in [1.82, 2.24) is 14.9 Å². The van der Waals surface area contributed by atoms with Crippen LogP contribution in [0.4, 0.5) is 11.4 Å². The molecule has 0 amide bonds. The number of rotatable bonds is 4. The van der Waals surface area contributed by atoms with Crippen molar-refractivity contribution in [3.63, 3.8) is 0 Å². The van der Waals surface area contributed by atoms with Crippen molar-refractivity contribution in [2.45, 2.75) is 19.0 Å². The molecule has 1 aromatic carbocycles. The number of hydrogen-bond donors (Lipinski definition) is 1. The van der Waals surface area contributed by atoms with Gasteiger partial charge in [0.05, 0.1) is 24.9 Å². The van der Waals surface area contributed by atoms with E-state index in [9.17, 15) is 0 Å². The Bertz CT molecular complexity index is 1060. The zero-order valence-corrected chi connectivity index (χ0v) is 18.7. The summed E-state index contributed by atoms with van der Waals surface area (Å²) in [5.41, 5.74) is 5.71. The Labute approximate surface area is 188 Å². The van der Waals surface area contributed by atoms with Gasteiger partial charge >= 0.3 is 0 Å². The van der Waals surface area contributed by atoms with Gasteiger partial charge in [-0.25, -0.2) is 0 Å². The topological polar surface area (TPSA) is 45.6 Å². The van der Waals surface area contributed by atoms with Crippen LogP contribution in [0.15, 0.2) is 60.8 Å². The lowest BCUT2D eigenvalue weighted by atomic mass is 10.0. The van der Waals surface area contributed by atoms with Crippen molar-refractivity contribution in [1.29, 1.82) is 0 Å². The van der Waals surface area contributed by atoms with E-state index < -0.39 is 0 Å². The van der Waals surface area contributed by atoms with Gasteiger partial charge in [0.25, 0.3) is 0 Å². The van der Waals surface area contributed by atoms with Crippen molar-refractivity contribution >= 4 is 28.7 Å². The number of nitrogens with one attached hydrogen (secondary N) is 1. The van der Waals surface area contributed by atoms with Crippen molar-refractivity contribution in [3.8, 4) is 0 Å². The number of pyridine rings is 1. The maximum Gasteiger partial charge on any atom is 0.174 e. The normalized spacial score (nSPS) is 21.4. The fraction of sp³-hybridized carbons (Fsp3) is 0.333. The zero-order valence-electron chi connectivity index (χ0n) is 17.9. The van der Waals surface area contributed by atoms with Crippen molar-refractivity contribution in [2.24, 2.45) is 7.05 Å². The highest BCUT2D eigenvalue weighted by atomic mass is 32.1. The molecule has 1 N–H and O–H groups in total. The maximum absolute atomic E-state index is 5.84.